The van der Waals surface area contributed by atoms with Crippen LogP contribution < -0.4 is 5.32 Å². The first-order valence-electron chi connectivity index (χ1n) is 5.05. The zero-order valence-electron chi connectivity index (χ0n) is 8.92. The molecule has 0 aliphatic carbocycles. The van der Waals surface area contributed by atoms with E-state index in [9.17, 15) is 0 Å². The van der Waals surface area contributed by atoms with E-state index < -0.39 is 0 Å². The minimum atomic E-state index is 1.06. The molecule has 0 radical (unpaired) electrons. The van der Waals surface area contributed by atoms with E-state index in [-0.39, 0.29) is 0 Å². The van der Waals surface area contributed by atoms with Crippen LogP contribution in [0.1, 0.15) is 23.9 Å². The van der Waals surface area contributed by atoms with Gasteiger partial charge in [-0.05, 0) is 33.2 Å². The van der Waals surface area contributed by atoms with E-state index >= 15 is 0 Å². The van der Waals surface area contributed by atoms with Gasteiger partial charge in [-0.25, -0.2) is 4.98 Å². The predicted molar refractivity (Wildman–Crippen MR) is 62.9 cm³/mol. The number of hydrogen-bond donors (Lipinski definition) is 1. The van der Waals surface area contributed by atoms with Crippen LogP contribution in [0.15, 0.2) is 17.7 Å². The molecule has 1 aromatic rings. The summed E-state index contributed by atoms with van der Waals surface area (Å²) in [5, 5.41) is 3.41. The average Bonchev–Trinajstić information content (AvgIpc) is 2.58. The molecular weight excluding hydrogens is 192 g/mol. The van der Waals surface area contributed by atoms with Crippen molar-refractivity contribution in [3.05, 3.63) is 28.2 Å². The summed E-state index contributed by atoms with van der Waals surface area (Å²) in [6, 6.07) is 0. The summed E-state index contributed by atoms with van der Waals surface area (Å²) < 4.78 is 0. The Balaban J connectivity index is 2.07. The van der Waals surface area contributed by atoms with Crippen molar-refractivity contribution in [1.29, 1.82) is 0 Å². The molecule has 1 rings (SSSR count). The van der Waals surface area contributed by atoms with Gasteiger partial charge in [-0.1, -0.05) is 12.2 Å². The predicted octanol–water partition coefficient (Wildman–Crippen LogP) is 2.55. The van der Waals surface area contributed by atoms with Crippen LogP contribution in [-0.2, 0) is 6.42 Å². The van der Waals surface area contributed by atoms with Crippen molar-refractivity contribution in [2.45, 2.75) is 26.7 Å². The maximum atomic E-state index is 4.22. The number of hydrogen-bond acceptors (Lipinski definition) is 3. The maximum Gasteiger partial charge on any atom is 0.0797 e. The average molecular weight is 210 g/mol. The minimum absolute atomic E-state index is 1.06. The zero-order valence-corrected chi connectivity index (χ0v) is 9.73. The van der Waals surface area contributed by atoms with Crippen molar-refractivity contribution in [3.63, 3.8) is 0 Å². The SMILES string of the molecule is C/C=C/CCNCCc1scnc1C. The molecule has 0 amide bonds. The fourth-order valence-corrected chi connectivity index (χ4v) is 2.03. The Kier molecular flexibility index (Phi) is 5.49. The lowest BCUT2D eigenvalue weighted by atomic mass is 10.3. The fraction of sp³-hybridized carbons (Fsp3) is 0.545. The Labute approximate surface area is 90.1 Å². The van der Waals surface area contributed by atoms with Gasteiger partial charge in [0, 0.05) is 11.4 Å². The molecule has 0 fully saturated rings. The van der Waals surface area contributed by atoms with Crippen molar-refractivity contribution < 1.29 is 0 Å². The van der Waals surface area contributed by atoms with Crippen molar-refractivity contribution in [2.24, 2.45) is 0 Å². The Morgan fingerprint density at radius 3 is 3.00 bits per heavy atom. The van der Waals surface area contributed by atoms with Crippen LogP contribution in [0.4, 0.5) is 0 Å². The topological polar surface area (TPSA) is 24.9 Å². The molecular formula is C11H18N2S. The van der Waals surface area contributed by atoms with Gasteiger partial charge in [0.25, 0.3) is 0 Å². The molecule has 0 aromatic carbocycles. The van der Waals surface area contributed by atoms with Crippen LogP contribution >= 0.6 is 11.3 Å². The summed E-state index contributed by atoms with van der Waals surface area (Å²) in [7, 11) is 0. The van der Waals surface area contributed by atoms with Crippen molar-refractivity contribution in [1.82, 2.24) is 10.3 Å². The molecule has 3 heteroatoms. The Bertz CT molecular complexity index is 279. The van der Waals surface area contributed by atoms with Gasteiger partial charge in [-0.15, -0.1) is 11.3 Å². The van der Waals surface area contributed by atoms with Gasteiger partial charge in [0.05, 0.1) is 11.2 Å². The van der Waals surface area contributed by atoms with E-state index in [1.165, 1.54) is 10.6 Å². The first-order valence-corrected chi connectivity index (χ1v) is 5.93. The number of aryl methyl sites for hydroxylation is 1. The lowest BCUT2D eigenvalue weighted by molar-refractivity contribution is 0.691. The molecule has 1 N–H and O–H groups in total. The third kappa shape index (κ3) is 4.03. The lowest BCUT2D eigenvalue weighted by Crippen LogP contribution is -2.17. The molecule has 0 bridgehead atoms. The van der Waals surface area contributed by atoms with Crippen molar-refractivity contribution in [3.8, 4) is 0 Å². The molecule has 14 heavy (non-hydrogen) atoms. The number of allylic oxidation sites excluding steroid dienone is 1. The standard InChI is InChI=1S/C11H18N2S/c1-3-4-5-7-12-8-6-11-10(2)13-9-14-11/h3-4,9,12H,5-8H2,1-2H3/b4-3+. The summed E-state index contributed by atoms with van der Waals surface area (Å²) in [4.78, 5) is 5.63. The van der Waals surface area contributed by atoms with E-state index in [1.54, 1.807) is 11.3 Å². The molecule has 0 saturated heterocycles. The van der Waals surface area contributed by atoms with Gasteiger partial charge in [-0.3, -0.25) is 0 Å². The smallest absolute Gasteiger partial charge is 0.0797 e. The Morgan fingerprint density at radius 1 is 1.50 bits per heavy atom. The molecule has 1 aromatic heterocycles. The van der Waals surface area contributed by atoms with Gasteiger partial charge < -0.3 is 5.32 Å². The first-order chi connectivity index (χ1) is 6.84. The molecule has 0 unspecified atom stereocenters. The molecule has 0 saturated carbocycles. The largest absolute Gasteiger partial charge is 0.316 e. The normalized spacial score (nSPS) is 11.3. The van der Waals surface area contributed by atoms with E-state index in [0.717, 1.165) is 25.9 Å². The quantitative estimate of drug-likeness (QED) is 0.576. The minimum Gasteiger partial charge on any atom is -0.316 e. The van der Waals surface area contributed by atoms with E-state index in [0.29, 0.717) is 0 Å². The highest BCUT2D eigenvalue weighted by molar-refractivity contribution is 7.09. The van der Waals surface area contributed by atoms with E-state index in [1.807, 2.05) is 5.51 Å². The van der Waals surface area contributed by atoms with Gasteiger partial charge in [0.2, 0.25) is 0 Å². The number of aromatic nitrogens is 1. The molecule has 2 nitrogen and oxygen atoms in total. The third-order valence-corrected chi connectivity index (χ3v) is 3.09. The summed E-state index contributed by atoms with van der Waals surface area (Å²) >= 11 is 1.75. The maximum absolute atomic E-state index is 4.22. The Morgan fingerprint density at radius 2 is 2.36 bits per heavy atom. The highest BCUT2D eigenvalue weighted by Crippen LogP contribution is 2.11. The molecule has 0 atom stereocenters. The van der Waals surface area contributed by atoms with E-state index in [2.05, 4.69) is 36.3 Å². The third-order valence-electron chi connectivity index (χ3n) is 2.10. The van der Waals surface area contributed by atoms with E-state index in [4.69, 9.17) is 0 Å². The number of nitrogens with one attached hydrogen (secondary N) is 1. The van der Waals surface area contributed by atoms with Gasteiger partial charge in [0.1, 0.15) is 0 Å². The monoisotopic (exact) mass is 210 g/mol. The second-order valence-corrected chi connectivity index (χ2v) is 4.16. The molecule has 0 aliphatic heterocycles. The van der Waals surface area contributed by atoms with Crippen molar-refractivity contribution in [2.75, 3.05) is 13.1 Å². The fourth-order valence-electron chi connectivity index (χ4n) is 1.25. The molecule has 1 heterocycles. The number of nitrogens with zero attached hydrogens (tertiary/aromatic N) is 1. The van der Waals surface area contributed by atoms with Crippen LogP contribution in [-0.4, -0.2) is 18.1 Å². The number of rotatable bonds is 6. The summed E-state index contributed by atoms with van der Waals surface area (Å²) in [5.74, 6) is 0. The highest BCUT2D eigenvalue weighted by atomic mass is 32.1. The second-order valence-electron chi connectivity index (χ2n) is 3.22. The second kappa shape index (κ2) is 6.74. The molecule has 0 aliphatic rings. The first kappa shape index (κ1) is 11.4. The van der Waals surface area contributed by atoms with Crippen LogP contribution in [0.5, 0.6) is 0 Å². The summed E-state index contributed by atoms with van der Waals surface area (Å²) in [6.07, 6.45) is 6.50. The Hall–Kier alpha value is -0.670. The zero-order chi connectivity index (χ0) is 10.2. The van der Waals surface area contributed by atoms with Gasteiger partial charge >= 0.3 is 0 Å². The summed E-state index contributed by atoms with van der Waals surface area (Å²) in [6.45, 7) is 6.26. The van der Waals surface area contributed by atoms with Gasteiger partial charge in [0.15, 0.2) is 0 Å². The van der Waals surface area contributed by atoms with Crippen LogP contribution in [0.25, 0.3) is 0 Å². The van der Waals surface area contributed by atoms with Crippen LogP contribution in [0.2, 0.25) is 0 Å². The van der Waals surface area contributed by atoms with Crippen LogP contribution in [0, 0.1) is 6.92 Å². The lowest BCUT2D eigenvalue weighted by Gasteiger charge is -2.01. The van der Waals surface area contributed by atoms with Crippen LogP contribution in [0.3, 0.4) is 0 Å². The van der Waals surface area contributed by atoms with Gasteiger partial charge in [-0.2, -0.15) is 0 Å². The molecule has 0 spiro atoms. The number of thiazole rings is 1. The van der Waals surface area contributed by atoms with Crippen molar-refractivity contribution >= 4 is 11.3 Å². The molecule has 78 valence electrons. The highest BCUT2D eigenvalue weighted by Gasteiger charge is 1.99. The summed E-state index contributed by atoms with van der Waals surface area (Å²) in [5.41, 5.74) is 3.11.